The minimum absolute atomic E-state index is 0.162. The zero-order valence-electron chi connectivity index (χ0n) is 12.2. The molecule has 0 saturated carbocycles. The molecule has 23 heavy (non-hydrogen) atoms. The van der Waals surface area contributed by atoms with E-state index >= 15 is 0 Å². The van der Waals surface area contributed by atoms with Crippen LogP contribution in [0, 0.1) is 11.6 Å². The minimum Gasteiger partial charge on any atom is -0.353 e. The van der Waals surface area contributed by atoms with Crippen molar-refractivity contribution in [3.63, 3.8) is 0 Å². The van der Waals surface area contributed by atoms with Crippen molar-refractivity contribution in [3.8, 4) is 0 Å². The van der Waals surface area contributed by atoms with Crippen molar-refractivity contribution in [2.75, 3.05) is 18.0 Å². The Bertz CT molecular complexity index is 698. The van der Waals surface area contributed by atoms with Crippen molar-refractivity contribution in [1.82, 2.24) is 20.3 Å². The third kappa shape index (κ3) is 3.58. The molecule has 0 spiro atoms. The van der Waals surface area contributed by atoms with E-state index in [-0.39, 0.29) is 6.04 Å². The Morgan fingerprint density at radius 3 is 2.87 bits per heavy atom. The number of aromatic nitrogens is 3. The Morgan fingerprint density at radius 2 is 2.13 bits per heavy atom. The number of anilines is 1. The molecule has 1 N–H and O–H groups in total. The number of pyridine rings is 1. The summed E-state index contributed by atoms with van der Waals surface area (Å²) in [6.07, 6.45) is 7.31. The summed E-state index contributed by atoms with van der Waals surface area (Å²) in [6.45, 7) is 1.36. The highest BCUT2D eigenvalue weighted by Gasteiger charge is 2.24. The summed E-state index contributed by atoms with van der Waals surface area (Å²) in [5, 5.41) is 2.74. The van der Waals surface area contributed by atoms with Crippen molar-refractivity contribution in [3.05, 3.63) is 48.2 Å². The highest BCUT2D eigenvalue weighted by atomic mass is 19.1. The second-order valence-electron chi connectivity index (χ2n) is 5.31. The fraction of sp³-hybridized carbons (Fsp3) is 0.333. The Balaban J connectivity index is 1.66. The summed E-state index contributed by atoms with van der Waals surface area (Å²) in [5.74, 6) is -1.69. The first-order chi connectivity index (χ1) is 11.1. The van der Waals surface area contributed by atoms with E-state index in [0.717, 1.165) is 31.4 Å². The van der Waals surface area contributed by atoms with Gasteiger partial charge in [0.15, 0.2) is 11.5 Å². The van der Waals surface area contributed by atoms with Gasteiger partial charge >= 0.3 is 0 Å². The summed E-state index contributed by atoms with van der Waals surface area (Å²) >= 11 is 0. The van der Waals surface area contributed by atoms with Gasteiger partial charge in [0.1, 0.15) is 11.6 Å². The van der Waals surface area contributed by atoms with Crippen LogP contribution in [-0.4, -0.2) is 40.0 Å². The number of carbonyl (C=O) groups excluding carboxylic acids is 1. The summed E-state index contributed by atoms with van der Waals surface area (Å²) in [4.78, 5) is 25.9. The van der Waals surface area contributed by atoms with Crippen LogP contribution < -0.4 is 10.2 Å². The van der Waals surface area contributed by atoms with Gasteiger partial charge in [-0.25, -0.2) is 18.7 Å². The highest BCUT2D eigenvalue weighted by molar-refractivity contribution is 5.92. The number of nitrogens with one attached hydrogen (secondary N) is 1. The van der Waals surface area contributed by atoms with E-state index in [2.05, 4.69) is 20.3 Å². The van der Waals surface area contributed by atoms with Gasteiger partial charge in [0.05, 0.1) is 12.4 Å². The lowest BCUT2D eigenvalue weighted by atomic mass is 10.1. The molecule has 1 saturated heterocycles. The molecule has 0 radical (unpaired) electrons. The van der Waals surface area contributed by atoms with Crippen molar-refractivity contribution in [2.24, 2.45) is 0 Å². The summed E-state index contributed by atoms with van der Waals surface area (Å²) in [7, 11) is 0. The summed E-state index contributed by atoms with van der Waals surface area (Å²) in [6, 6.07) is 0.485. The number of halogens is 2. The Morgan fingerprint density at radius 1 is 1.26 bits per heavy atom. The number of piperidine rings is 1. The van der Waals surface area contributed by atoms with Gasteiger partial charge in [0, 0.05) is 37.6 Å². The topological polar surface area (TPSA) is 71.0 Å². The number of carbonyl (C=O) groups is 1. The summed E-state index contributed by atoms with van der Waals surface area (Å²) < 4.78 is 26.5. The van der Waals surface area contributed by atoms with Gasteiger partial charge in [-0.1, -0.05) is 0 Å². The van der Waals surface area contributed by atoms with E-state index in [0.29, 0.717) is 12.6 Å². The second-order valence-corrected chi connectivity index (χ2v) is 5.31. The summed E-state index contributed by atoms with van der Waals surface area (Å²) in [5.41, 5.74) is -0.400. The van der Waals surface area contributed by atoms with Gasteiger partial charge < -0.3 is 10.2 Å². The van der Waals surface area contributed by atoms with Crippen LogP contribution in [0.5, 0.6) is 0 Å². The number of hydrogen-bond acceptors (Lipinski definition) is 5. The maximum absolute atomic E-state index is 13.6. The van der Waals surface area contributed by atoms with Crippen molar-refractivity contribution in [2.45, 2.75) is 18.9 Å². The van der Waals surface area contributed by atoms with Crippen LogP contribution in [-0.2, 0) is 0 Å². The highest BCUT2D eigenvalue weighted by Crippen LogP contribution is 2.17. The van der Waals surface area contributed by atoms with Crippen LogP contribution in [0.25, 0.3) is 0 Å². The van der Waals surface area contributed by atoms with Crippen molar-refractivity contribution >= 4 is 11.7 Å². The molecular weight excluding hydrogens is 304 g/mol. The van der Waals surface area contributed by atoms with E-state index in [1.165, 1.54) is 0 Å². The Hall–Kier alpha value is -2.64. The number of nitrogens with zero attached hydrogens (tertiary/aromatic N) is 4. The van der Waals surface area contributed by atoms with E-state index in [1.54, 1.807) is 18.6 Å². The molecule has 3 heterocycles. The average molecular weight is 319 g/mol. The molecule has 1 aliphatic rings. The van der Waals surface area contributed by atoms with Gasteiger partial charge in [0.25, 0.3) is 5.91 Å². The first-order valence-electron chi connectivity index (χ1n) is 7.26. The smallest absolute Gasteiger partial charge is 0.273 e. The number of hydrogen-bond donors (Lipinski definition) is 1. The van der Waals surface area contributed by atoms with Crippen LogP contribution in [0.15, 0.2) is 30.9 Å². The van der Waals surface area contributed by atoms with Gasteiger partial charge in [-0.15, -0.1) is 0 Å². The third-order valence-corrected chi connectivity index (χ3v) is 3.65. The maximum atomic E-state index is 13.6. The molecule has 0 aromatic carbocycles. The van der Waals surface area contributed by atoms with Gasteiger partial charge in [-0.05, 0) is 12.8 Å². The minimum atomic E-state index is -0.968. The lowest BCUT2D eigenvalue weighted by molar-refractivity contribution is 0.0923. The van der Waals surface area contributed by atoms with E-state index in [1.807, 2.05) is 4.90 Å². The molecule has 0 aliphatic carbocycles. The van der Waals surface area contributed by atoms with Crippen molar-refractivity contribution < 1.29 is 13.6 Å². The van der Waals surface area contributed by atoms with E-state index in [9.17, 15) is 13.6 Å². The van der Waals surface area contributed by atoms with Crippen LogP contribution in [0.1, 0.15) is 23.3 Å². The molecule has 3 rings (SSSR count). The largest absolute Gasteiger partial charge is 0.353 e. The van der Waals surface area contributed by atoms with Crippen LogP contribution >= 0.6 is 0 Å². The first-order valence-corrected chi connectivity index (χ1v) is 7.26. The van der Waals surface area contributed by atoms with E-state index < -0.39 is 23.2 Å². The normalized spacial score (nSPS) is 17.8. The molecule has 0 bridgehead atoms. The molecule has 1 amide bonds. The Labute approximate surface area is 131 Å². The van der Waals surface area contributed by atoms with Gasteiger partial charge in [-0.2, -0.15) is 0 Å². The molecule has 6 nitrogen and oxygen atoms in total. The monoisotopic (exact) mass is 319 g/mol. The molecular formula is C15H15F2N5O. The first kappa shape index (κ1) is 15.3. The van der Waals surface area contributed by atoms with Crippen LogP contribution in [0.4, 0.5) is 14.6 Å². The molecule has 1 fully saturated rings. The zero-order chi connectivity index (χ0) is 16.2. The van der Waals surface area contributed by atoms with Crippen molar-refractivity contribution in [1.29, 1.82) is 0 Å². The van der Waals surface area contributed by atoms with E-state index in [4.69, 9.17) is 0 Å². The predicted octanol–water partition coefficient (Wildman–Crippen LogP) is 1.55. The lowest BCUT2D eigenvalue weighted by Crippen LogP contribution is -2.48. The maximum Gasteiger partial charge on any atom is 0.273 e. The quantitative estimate of drug-likeness (QED) is 0.929. The molecule has 1 atom stereocenters. The van der Waals surface area contributed by atoms with Crippen LogP contribution in [0.2, 0.25) is 0 Å². The van der Waals surface area contributed by atoms with Gasteiger partial charge in [-0.3, -0.25) is 9.78 Å². The molecule has 1 aliphatic heterocycles. The molecule has 2 aromatic heterocycles. The standard InChI is InChI=1S/C15H15F2N5O/c16-10-6-12(17)14(20-7-10)15(23)21-11-2-1-5-22(9-11)13-8-18-3-4-19-13/h3-4,6-8,11H,1-2,5,9H2,(H,21,23)/t11-/m1/s1. The fourth-order valence-electron chi connectivity index (χ4n) is 2.59. The molecule has 8 heteroatoms. The zero-order valence-corrected chi connectivity index (χ0v) is 12.2. The molecule has 0 unspecified atom stereocenters. The lowest BCUT2D eigenvalue weighted by Gasteiger charge is -2.33. The SMILES string of the molecule is O=C(N[C@@H]1CCCN(c2cnccn2)C1)c1ncc(F)cc1F. The fourth-order valence-corrected chi connectivity index (χ4v) is 2.59. The predicted molar refractivity (Wildman–Crippen MR) is 78.9 cm³/mol. The number of amides is 1. The number of rotatable bonds is 3. The molecule has 120 valence electrons. The Kier molecular flexibility index (Phi) is 4.40. The second kappa shape index (κ2) is 6.64. The van der Waals surface area contributed by atoms with Crippen LogP contribution in [0.3, 0.4) is 0 Å². The van der Waals surface area contributed by atoms with Gasteiger partial charge in [0.2, 0.25) is 0 Å². The third-order valence-electron chi connectivity index (χ3n) is 3.65. The molecule has 2 aromatic rings. The average Bonchev–Trinajstić information content (AvgIpc) is 2.56.